The van der Waals surface area contributed by atoms with Crippen LogP contribution in [0.5, 0.6) is 0 Å². The first-order valence-corrected chi connectivity index (χ1v) is 7.69. The van der Waals surface area contributed by atoms with E-state index in [0.29, 0.717) is 5.69 Å². The maximum absolute atomic E-state index is 12.2. The van der Waals surface area contributed by atoms with Gasteiger partial charge in [-0.05, 0) is 18.6 Å². The molecule has 17 heavy (non-hydrogen) atoms. The summed E-state index contributed by atoms with van der Waals surface area (Å²) in [5.74, 6) is -0.491. The molecular formula is C11H14BrNO3S. The Kier molecular flexibility index (Phi) is 3.99. The number of anilines is 1. The molecule has 1 rings (SSSR count). The largest absolute Gasteiger partial charge is 0.399 e. The predicted molar refractivity (Wildman–Crippen MR) is 72.0 cm³/mol. The summed E-state index contributed by atoms with van der Waals surface area (Å²) in [6.45, 7) is 1.64. The third kappa shape index (κ3) is 2.69. The van der Waals surface area contributed by atoms with E-state index in [1.165, 1.54) is 6.07 Å². The molecule has 0 amide bonds. The van der Waals surface area contributed by atoms with Crippen LogP contribution in [-0.2, 0) is 9.84 Å². The number of sulfone groups is 1. The van der Waals surface area contributed by atoms with E-state index in [-0.39, 0.29) is 12.0 Å². The Morgan fingerprint density at radius 2 is 2.06 bits per heavy atom. The maximum Gasteiger partial charge on any atom is 0.194 e. The number of alkyl halides is 1. The maximum atomic E-state index is 12.2. The molecule has 0 bridgehead atoms. The molecule has 1 aromatic carbocycles. The summed E-state index contributed by atoms with van der Waals surface area (Å²) in [5.41, 5.74) is 6.29. The minimum Gasteiger partial charge on any atom is -0.399 e. The van der Waals surface area contributed by atoms with Crippen LogP contribution in [-0.4, -0.2) is 24.1 Å². The van der Waals surface area contributed by atoms with Gasteiger partial charge < -0.3 is 5.73 Å². The van der Waals surface area contributed by atoms with Crippen LogP contribution >= 0.6 is 15.9 Å². The Morgan fingerprint density at radius 1 is 1.47 bits per heavy atom. The van der Waals surface area contributed by atoms with E-state index in [9.17, 15) is 13.2 Å². The Labute approximate surface area is 109 Å². The van der Waals surface area contributed by atoms with Crippen molar-refractivity contribution in [3.05, 3.63) is 29.8 Å². The molecule has 2 N–H and O–H groups in total. The molecule has 0 unspecified atom stereocenters. The summed E-state index contributed by atoms with van der Waals surface area (Å²) >= 11 is 3.05. The van der Waals surface area contributed by atoms with Crippen LogP contribution < -0.4 is 5.73 Å². The average molecular weight is 320 g/mol. The van der Waals surface area contributed by atoms with Crippen molar-refractivity contribution >= 4 is 37.2 Å². The highest BCUT2D eigenvalue weighted by molar-refractivity contribution is 9.12. The first kappa shape index (κ1) is 14.2. The number of carbonyl (C=O) groups is 1. The number of nitrogens with two attached hydrogens (primary N) is 1. The van der Waals surface area contributed by atoms with Gasteiger partial charge in [-0.15, -0.1) is 0 Å². The quantitative estimate of drug-likeness (QED) is 0.523. The SMILES string of the molecule is CC[C@](Br)(C(=O)c1cccc(N)c1)S(C)(=O)=O. The molecule has 0 saturated heterocycles. The molecule has 0 aliphatic carbocycles. The van der Waals surface area contributed by atoms with E-state index in [2.05, 4.69) is 15.9 Å². The van der Waals surface area contributed by atoms with Crippen LogP contribution in [0.4, 0.5) is 5.69 Å². The highest BCUT2D eigenvalue weighted by Crippen LogP contribution is 2.33. The van der Waals surface area contributed by atoms with E-state index in [1.54, 1.807) is 25.1 Å². The first-order valence-electron chi connectivity index (χ1n) is 5.01. The Morgan fingerprint density at radius 3 is 2.47 bits per heavy atom. The number of ketones is 1. The third-order valence-electron chi connectivity index (χ3n) is 2.53. The van der Waals surface area contributed by atoms with Crippen LogP contribution in [0.1, 0.15) is 23.7 Å². The lowest BCUT2D eigenvalue weighted by molar-refractivity contribution is 0.0976. The van der Waals surface area contributed by atoms with Crippen molar-refractivity contribution in [1.29, 1.82) is 0 Å². The summed E-state index contributed by atoms with van der Waals surface area (Å²) in [6, 6.07) is 6.28. The lowest BCUT2D eigenvalue weighted by Gasteiger charge is -2.22. The fourth-order valence-electron chi connectivity index (χ4n) is 1.49. The van der Waals surface area contributed by atoms with Gasteiger partial charge in [-0.3, -0.25) is 4.79 Å². The molecule has 1 atom stereocenters. The lowest BCUT2D eigenvalue weighted by Crippen LogP contribution is -2.39. The first-order chi connectivity index (χ1) is 7.72. The van der Waals surface area contributed by atoms with Gasteiger partial charge in [0.15, 0.2) is 19.3 Å². The minimum absolute atomic E-state index is 0.152. The number of hydrogen-bond donors (Lipinski definition) is 1. The molecule has 4 nitrogen and oxygen atoms in total. The molecule has 0 saturated carbocycles. The summed E-state index contributed by atoms with van der Waals surface area (Å²) in [4.78, 5) is 12.2. The van der Waals surface area contributed by atoms with Crippen molar-refractivity contribution in [2.45, 2.75) is 17.0 Å². The molecule has 94 valence electrons. The van der Waals surface area contributed by atoms with Crippen LogP contribution in [0.25, 0.3) is 0 Å². The Balaban J connectivity index is 3.29. The molecule has 0 radical (unpaired) electrons. The second-order valence-electron chi connectivity index (χ2n) is 3.81. The van der Waals surface area contributed by atoms with E-state index >= 15 is 0 Å². The number of benzene rings is 1. The topological polar surface area (TPSA) is 77.2 Å². The second-order valence-corrected chi connectivity index (χ2v) is 7.93. The highest BCUT2D eigenvalue weighted by Gasteiger charge is 2.44. The Bertz CT molecular complexity index is 541. The van der Waals surface area contributed by atoms with Crippen LogP contribution in [0.15, 0.2) is 24.3 Å². The average Bonchev–Trinajstić information content (AvgIpc) is 2.25. The molecule has 6 heteroatoms. The smallest absolute Gasteiger partial charge is 0.194 e. The number of rotatable bonds is 4. The minimum atomic E-state index is -3.55. The van der Waals surface area contributed by atoms with E-state index in [1.807, 2.05) is 0 Å². The monoisotopic (exact) mass is 319 g/mol. The summed E-state index contributed by atoms with van der Waals surface area (Å²) in [7, 11) is -3.55. The molecule has 0 aliphatic heterocycles. The van der Waals surface area contributed by atoms with Gasteiger partial charge in [0.2, 0.25) is 0 Å². The van der Waals surface area contributed by atoms with Crippen molar-refractivity contribution in [2.24, 2.45) is 0 Å². The van der Waals surface area contributed by atoms with Gasteiger partial charge >= 0.3 is 0 Å². The summed E-state index contributed by atoms with van der Waals surface area (Å²) in [6.07, 6.45) is 1.19. The van der Waals surface area contributed by atoms with Crippen LogP contribution in [0, 0.1) is 0 Å². The van der Waals surface area contributed by atoms with Gasteiger partial charge in [-0.1, -0.05) is 35.0 Å². The normalized spacial score (nSPS) is 15.2. The Hall–Kier alpha value is -0.880. The van der Waals surface area contributed by atoms with E-state index in [0.717, 1.165) is 6.26 Å². The zero-order chi connectivity index (χ0) is 13.3. The van der Waals surface area contributed by atoms with Gasteiger partial charge in [0, 0.05) is 17.5 Å². The van der Waals surface area contributed by atoms with Crippen molar-refractivity contribution in [2.75, 3.05) is 12.0 Å². The number of nitrogen functional groups attached to an aromatic ring is 1. The van der Waals surface area contributed by atoms with Gasteiger partial charge in [-0.25, -0.2) is 8.42 Å². The fraction of sp³-hybridized carbons (Fsp3) is 0.364. The number of halogens is 1. The molecule has 0 aromatic heterocycles. The second kappa shape index (κ2) is 4.78. The van der Waals surface area contributed by atoms with Crippen LogP contribution in [0.3, 0.4) is 0 Å². The zero-order valence-electron chi connectivity index (χ0n) is 9.60. The molecule has 0 heterocycles. The van der Waals surface area contributed by atoms with Crippen LogP contribution in [0.2, 0.25) is 0 Å². The zero-order valence-corrected chi connectivity index (χ0v) is 12.0. The third-order valence-corrected chi connectivity index (χ3v) is 6.86. The van der Waals surface area contributed by atoms with Crippen molar-refractivity contribution < 1.29 is 13.2 Å². The predicted octanol–water partition coefficient (Wildman–Crippen LogP) is 2.00. The standard InChI is InChI=1S/C11H14BrNO3S/c1-3-11(12,17(2,15)16)10(14)8-5-4-6-9(13)7-8/h4-7H,3,13H2,1-2H3/t11-/m1/s1. The van der Waals surface area contributed by atoms with E-state index < -0.39 is 19.3 Å². The molecule has 1 aromatic rings. The molecule has 0 aliphatic rings. The molecule has 0 spiro atoms. The summed E-state index contributed by atoms with van der Waals surface area (Å²) in [5, 5.41) is 0. The van der Waals surface area contributed by atoms with Gasteiger partial charge in [0.1, 0.15) is 0 Å². The summed E-state index contributed by atoms with van der Waals surface area (Å²) < 4.78 is 21.8. The van der Waals surface area contributed by atoms with Gasteiger partial charge in [0.05, 0.1) is 0 Å². The van der Waals surface area contributed by atoms with Crippen molar-refractivity contribution in [1.82, 2.24) is 0 Å². The van der Waals surface area contributed by atoms with E-state index in [4.69, 9.17) is 5.73 Å². The lowest BCUT2D eigenvalue weighted by atomic mass is 10.1. The van der Waals surface area contributed by atoms with Crippen molar-refractivity contribution in [3.8, 4) is 0 Å². The number of hydrogen-bond acceptors (Lipinski definition) is 4. The van der Waals surface area contributed by atoms with Crippen molar-refractivity contribution in [3.63, 3.8) is 0 Å². The number of carbonyl (C=O) groups excluding carboxylic acids is 1. The van der Waals surface area contributed by atoms with Gasteiger partial charge in [0.25, 0.3) is 0 Å². The fourth-order valence-corrected chi connectivity index (χ4v) is 2.69. The van der Waals surface area contributed by atoms with Gasteiger partial charge in [-0.2, -0.15) is 0 Å². The highest BCUT2D eigenvalue weighted by atomic mass is 79.9. The molecular weight excluding hydrogens is 306 g/mol. The number of Topliss-reactive ketones (excluding diaryl/α,β-unsaturated/α-hetero) is 1. The molecule has 0 fully saturated rings.